The molecular weight excluding hydrogens is 329 g/mol. The maximum atomic E-state index is 14.0. The Morgan fingerprint density at radius 3 is 2.42 bits per heavy atom. The van der Waals surface area contributed by atoms with Crippen LogP contribution in [0.5, 0.6) is 0 Å². The predicted molar refractivity (Wildman–Crippen MR) is 97.2 cm³/mol. The number of rotatable bonds is 2. The first-order chi connectivity index (χ1) is 12.6. The first kappa shape index (κ1) is 16.7. The van der Waals surface area contributed by atoms with E-state index in [0.29, 0.717) is 38.0 Å². The standard InChI is InChI=1S/C22H28FNO2/c23-19-3-1-2-18(13-19)22(4-6-26-7-5-22)21(25)24-14-17-9-15-8-16(10-17)12-20(24)11-15/h1-3,13,15-17,20H,4-12,14H2. The van der Waals surface area contributed by atoms with Crippen LogP contribution in [-0.4, -0.2) is 36.6 Å². The van der Waals surface area contributed by atoms with Crippen LogP contribution in [0.4, 0.5) is 4.39 Å². The molecule has 3 heterocycles. The molecule has 5 fully saturated rings. The minimum atomic E-state index is -0.609. The van der Waals surface area contributed by atoms with Gasteiger partial charge in [-0.2, -0.15) is 0 Å². The minimum Gasteiger partial charge on any atom is -0.381 e. The molecular formula is C22H28FNO2. The molecule has 1 amide bonds. The summed E-state index contributed by atoms with van der Waals surface area (Å²) >= 11 is 0. The predicted octanol–water partition coefficient (Wildman–Crippen LogP) is 3.91. The van der Waals surface area contributed by atoms with Crippen LogP contribution < -0.4 is 0 Å². The Balaban J connectivity index is 1.51. The molecule has 1 aromatic rings. The highest BCUT2D eigenvalue weighted by atomic mass is 19.1. The highest BCUT2D eigenvalue weighted by Crippen LogP contribution is 2.49. The number of benzene rings is 1. The number of fused-ring (bicyclic) bond motifs is 1. The number of halogens is 1. The number of carbonyl (C=O) groups is 1. The number of ether oxygens (including phenoxy) is 1. The summed E-state index contributed by atoms with van der Waals surface area (Å²) in [5.41, 5.74) is 0.233. The highest BCUT2D eigenvalue weighted by Gasteiger charge is 2.50. The summed E-state index contributed by atoms with van der Waals surface area (Å²) in [6.07, 6.45) is 7.65. The van der Waals surface area contributed by atoms with E-state index in [4.69, 9.17) is 4.74 Å². The summed E-state index contributed by atoms with van der Waals surface area (Å²) in [6, 6.07) is 7.11. The van der Waals surface area contributed by atoms with Gasteiger partial charge in [-0.3, -0.25) is 4.79 Å². The minimum absolute atomic E-state index is 0.240. The number of hydrogen-bond donors (Lipinski definition) is 0. The van der Waals surface area contributed by atoms with Crippen molar-refractivity contribution in [2.24, 2.45) is 17.8 Å². The van der Waals surface area contributed by atoms with Gasteiger partial charge in [0.15, 0.2) is 0 Å². The first-order valence-electron chi connectivity index (χ1n) is 10.3. The molecule has 4 bridgehead atoms. The topological polar surface area (TPSA) is 29.5 Å². The Morgan fingerprint density at radius 1 is 1.04 bits per heavy atom. The zero-order chi connectivity index (χ0) is 17.7. The zero-order valence-corrected chi connectivity index (χ0v) is 15.3. The molecule has 2 unspecified atom stereocenters. The molecule has 0 aromatic heterocycles. The molecule has 2 aliphatic carbocycles. The second-order valence-corrected chi connectivity index (χ2v) is 9.09. The van der Waals surface area contributed by atoms with Gasteiger partial charge in [-0.1, -0.05) is 12.1 Å². The van der Waals surface area contributed by atoms with Gasteiger partial charge in [-0.05, 0) is 80.4 Å². The zero-order valence-electron chi connectivity index (χ0n) is 15.3. The average Bonchev–Trinajstić information content (AvgIpc) is 2.85. The van der Waals surface area contributed by atoms with Crippen molar-refractivity contribution in [3.8, 4) is 0 Å². The summed E-state index contributed by atoms with van der Waals surface area (Å²) in [6.45, 7) is 2.07. The van der Waals surface area contributed by atoms with Gasteiger partial charge in [0.1, 0.15) is 5.82 Å². The second kappa shape index (κ2) is 6.33. The quantitative estimate of drug-likeness (QED) is 0.803. The van der Waals surface area contributed by atoms with E-state index < -0.39 is 5.41 Å². The molecule has 3 nitrogen and oxygen atoms in total. The van der Waals surface area contributed by atoms with Crippen molar-refractivity contribution in [2.45, 2.75) is 56.4 Å². The molecule has 4 heteroatoms. The molecule has 0 spiro atoms. The third kappa shape index (κ3) is 2.69. The van der Waals surface area contributed by atoms with Gasteiger partial charge < -0.3 is 9.64 Å². The molecule has 3 aliphatic heterocycles. The molecule has 6 rings (SSSR count). The fourth-order valence-corrected chi connectivity index (χ4v) is 6.44. The summed E-state index contributed by atoms with van der Waals surface area (Å²) in [5, 5.41) is 0. The number of nitrogens with zero attached hydrogens (tertiary/aromatic N) is 1. The van der Waals surface area contributed by atoms with E-state index in [1.165, 1.54) is 38.2 Å². The van der Waals surface area contributed by atoms with Gasteiger partial charge in [0.05, 0.1) is 5.41 Å². The van der Waals surface area contributed by atoms with Gasteiger partial charge in [-0.15, -0.1) is 0 Å². The lowest BCUT2D eigenvalue weighted by atomic mass is 9.68. The lowest BCUT2D eigenvalue weighted by Crippen LogP contribution is -2.53. The fraction of sp³-hybridized carbons (Fsp3) is 0.682. The van der Waals surface area contributed by atoms with Gasteiger partial charge in [-0.25, -0.2) is 4.39 Å². The van der Waals surface area contributed by atoms with E-state index in [1.54, 1.807) is 12.1 Å². The molecule has 0 N–H and O–H groups in total. The Hall–Kier alpha value is -1.42. The fourth-order valence-electron chi connectivity index (χ4n) is 6.44. The average molecular weight is 357 g/mol. The van der Waals surface area contributed by atoms with Gasteiger partial charge in [0.25, 0.3) is 0 Å². The molecule has 2 saturated carbocycles. The molecule has 3 saturated heterocycles. The van der Waals surface area contributed by atoms with Crippen LogP contribution in [0.3, 0.4) is 0 Å². The van der Waals surface area contributed by atoms with Crippen molar-refractivity contribution in [3.05, 3.63) is 35.6 Å². The molecule has 0 radical (unpaired) electrons. The maximum absolute atomic E-state index is 14.0. The van der Waals surface area contributed by atoms with E-state index in [0.717, 1.165) is 23.9 Å². The number of hydrogen-bond acceptors (Lipinski definition) is 2. The highest BCUT2D eigenvalue weighted by molar-refractivity contribution is 5.89. The number of carbonyl (C=O) groups excluding carboxylic acids is 1. The molecule has 1 aromatic carbocycles. The van der Waals surface area contributed by atoms with E-state index in [-0.39, 0.29) is 11.7 Å². The summed E-state index contributed by atoms with van der Waals surface area (Å²) in [4.78, 5) is 16.2. The van der Waals surface area contributed by atoms with Crippen LogP contribution in [0, 0.1) is 23.6 Å². The molecule has 140 valence electrons. The van der Waals surface area contributed by atoms with Crippen LogP contribution in [0.2, 0.25) is 0 Å². The Labute approximate surface area is 154 Å². The Morgan fingerprint density at radius 2 is 1.73 bits per heavy atom. The van der Waals surface area contributed by atoms with Crippen LogP contribution in [0.1, 0.15) is 50.5 Å². The van der Waals surface area contributed by atoms with E-state index in [9.17, 15) is 9.18 Å². The third-order valence-electron chi connectivity index (χ3n) is 7.50. The van der Waals surface area contributed by atoms with Crippen molar-refractivity contribution in [2.75, 3.05) is 19.8 Å². The summed E-state index contributed by atoms with van der Waals surface area (Å²) < 4.78 is 19.6. The van der Waals surface area contributed by atoms with Gasteiger partial charge in [0.2, 0.25) is 5.91 Å². The normalized spacial score (nSPS) is 35.3. The first-order valence-corrected chi connectivity index (χ1v) is 10.3. The number of amides is 1. The van der Waals surface area contributed by atoms with E-state index >= 15 is 0 Å². The third-order valence-corrected chi connectivity index (χ3v) is 7.50. The van der Waals surface area contributed by atoms with Crippen molar-refractivity contribution in [3.63, 3.8) is 0 Å². The molecule has 26 heavy (non-hydrogen) atoms. The molecule has 2 atom stereocenters. The monoisotopic (exact) mass is 357 g/mol. The smallest absolute Gasteiger partial charge is 0.233 e. The van der Waals surface area contributed by atoms with Crippen molar-refractivity contribution >= 4 is 5.91 Å². The summed E-state index contributed by atoms with van der Waals surface area (Å²) in [5.74, 6) is 2.28. The van der Waals surface area contributed by atoms with Crippen LogP contribution >= 0.6 is 0 Å². The van der Waals surface area contributed by atoms with Crippen molar-refractivity contribution in [1.82, 2.24) is 4.90 Å². The van der Waals surface area contributed by atoms with Crippen molar-refractivity contribution in [1.29, 1.82) is 0 Å². The SMILES string of the molecule is O=C(N1CC2CC3CC(C2)CC1C3)C1(c2cccc(F)c2)CCOCC1. The van der Waals surface area contributed by atoms with Crippen molar-refractivity contribution < 1.29 is 13.9 Å². The van der Waals surface area contributed by atoms with Crippen LogP contribution in [0.25, 0.3) is 0 Å². The Bertz CT molecular complexity index is 685. The largest absolute Gasteiger partial charge is 0.381 e. The lowest BCUT2D eigenvalue weighted by Gasteiger charge is -2.44. The second-order valence-electron chi connectivity index (χ2n) is 9.09. The molecule has 5 aliphatic rings. The van der Waals surface area contributed by atoms with Crippen LogP contribution in [-0.2, 0) is 14.9 Å². The van der Waals surface area contributed by atoms with Gasteiger partial charge >= 0.3 is 0 Å². The lowest BCUT2D eigenvalue weighted by molar-refractivity contribution is -0.144. The maximum Gasteiger partial charge on any atom is 0.233 e. The van der Waals surface area contributed by atoms with Crippen LogP contribution in [0.15, 0.2) is 24.3 Å². The van der Waals surface area contributed by atoms with E-state index in [2.05, 4.69) is 4.90 Å². The summed E-state index contributed by atoms with van der Waals surface area (Å²) in [7, 11) is 0. The van der Waals surface area contributed by atoms with Gasteiger partial charge in [0, 0.05) is 25.8 Å². The van der Waals surface area contributed by atoms with E-state index in [1.807, 2.05) is 6.07 Å². The Kier molecular flexibility index (Phi) is 4.07.